The number of carbonyl (C=O) groups is 1. The van der Waals surface area contributed by atoms with Crippen LogP contribution in [0, 0.1) is 11.3 Å². The molecule has 4 N–H and O–H groups in total. The molecule has 17 heavy (non-hydrogen) atoms. The minimum Gasteiger partial charge on any atom is -0.409 e. The Hall–Kier alpha value is -1.26. The minimum absolute atomic E-state index is 0.00288. The van der Waals surface area contributed by atoms with Crippen LogP contribution >= 0.6 is 0 Å². The zero-order valence-electron chi connectivity index (χ0n) is 10.7. The molecule has 0 aromatic heterocycles. The summed E-state index contributed by atoms with van der Waals surface area (Å²) in [6.45, 7) is 4.83. The summed E-state index contributed by atoms with van der Waals surface area (Å²) in [6.07, 6.45) is 5.00. The molecule has 0 spiro atoms. The molecule has 1 aliphatic carbocycles. The smallest absolute Gasteiger partial charge is 0.230 e. The highest BCUT2D eigenvalue weighted by molar-refractivity contribution is 6.02. The summed E-state index contributed by atoms with van der Waals surface area (Å²) in [7, 11) is 0. The first-order valence-corrected chi connectivity index (χ1v) is 6.27. The van der Waals surface area contributed by atoms with E-state index in [0.717, 1.165) is 19.3 Å². The van der Waals surface area contributed by atoms with E-state index in [4.69, 9.17) is 10.9 Å². The second-order valence-corrected chi connectivity index (χ2v) is 5.25. The van der Waals surface area contributed by atoms with Gasteiger partial charge in [-0.3, -0.25) is 4.79 Å². The Kier molecular flexibility index (Phi) is 4.78. The molecule has 0 aliphatic heterocycles. The van der Waals surface area contributed by atoms with Crippen LogP contribution in [-0.2, 0) is 4.79 Å². The molecule has 0 heterocycles. The largest absolute Gasteiger partial charge is 0.409 e. The number of rotatable bonds is 6. The second-order valence-electron chi connectivity index (χ2n) is 5.25. The maximum Gasteiger partial charge on any atom is 0.230 e. The zero-order valence-corrected chi connectivity index (χ0v) is 10.7. The number of nitrogens with two attached hydrogens (primary N) is 1. The van der Waals surface area contributed by atoms with E-state index in [0.29, 0.717) is 13.0 Å². The first-order valence-electron chi connectivity index (χ1n) is 6.27. The molecule has 1 unspecified atom stereocenters. The molecule has 0 radical (unpaired) electrons. The van der Waals surface area contributed by atoms with Gasteiger partial charge in [0.15, 0.2) is 5.84 Å². The third-order valence-electron chi connectivity index (χ3n) is 3.62. The molecule has 5 nitrogen and oxygen atoms in total. The Morgan fingerprint density at radius 3 is 2.65 bits per heavy atom. The normalized spacial score (nSPS) is 20.5. The van der Waals surface area contributed by atoms with Crippen molar-refractivity contribution < 1.29 is 10.0 Å². The summed E-state index contributed by atoms with van der Waals surface area (Å²) in [5.41, 5.74) is 5.78. The van der Waals surface area contributed by atoms with Crippen molar-refractivity contribution >= 4 is 11.7 Å². The highest BCUT2D eigenvalue weighted by Crippen LogP contribution is 2.39. The number of hydrogen-bond acceptors (Lipinski definition) is 3. The molecule has 1 saturated carbocycles. The Morgan fingerprint density at radius 1 is 1.59 bits per heavy atom. The van der Waals surface area contributed by atoms with Crippen molar-refractivity contribution in [2.75, 3.05) is 6.54 Å². The number of hydrogen-bond donors (Lipinski definition) is 3. The molecule has 5 heteroatoms. The summed E-state index contributed by atoms with van der Waals surface area (Å²) in [5.74, 6) is -0.632. The first-order chi connectivity index (χ1) is 8.02. The van der Waals surface area contributed by atoms with Crippen molar-refractivity contribution in [1.82, 2.24) is 5.32 Å². The van der Waals surface area contributed by atoms with Gasteiger partial charge in [0.25, 0.3) is 0 Å². The van der Waals surface area contributed by atoms with Gasteiger partial charge in [0.2, 0.25) is 5.91 Å². The third kappa shape index (κ3) is 3.61. The molecule has 0 saturated heterocycles. The fraction of sp³-hybridized carbons (Fsp3) is 0.833. The number of oxime groups is 1. The van der Waals surface area contributed by atoms with Gasteiger partial charge < -0.3 is 16.3 Å². The number of carbonyl (C=O) groups excluding carboxylic acids is 1. The highest BCUT2D eigenvalue weighted by atomic mass is 16.4. The van der Waals surface area contributed by atoms with Crippen LogP contribution in [0.2, 0.25) is 0 Å². The summed E-state index contributed by atoms with van der Waals surface area (Å²) in [4.78, 5) is 11.9. The third-order valence-corrected chi connectivity index (χ3v) is 3.62. The van der Waals surface area contributed by atoms with E-state index >= 15 is 0 Å². The predicted octanol–water partition coefficient (Wildman–Crippen LogP) is 1.46. The summed E-state index contributed by atoms with van der Waals surface area (Å²) < 4.78 is 0. The van der Waals surface area contributed by atoms with Gasteiger partial charge in [-0.25, -0.2) is 0 Å². The van der Waals surface area contributed by atoms with Crippen LogP contribution in [-0.4, -0.2) is 23.5 Å². The van der Waals surface area contributed by atoms with Crippen molar-refractivity contribution in [1.29, 1.82) is 0 Å². The van der Waals surface area contributed by atoms with Crippen LogP contribution in [0.1, 0.15) is 46.0 Å². The van der Waals surface area contributed by atoms with Gasteiger partial charge >= 0.3 is 0 Å². The van der Waals surface area contributed by atoms with Crippen molar-refractivity contribution in [3.05, 3.63) is 0 Å². The van der Waals surface area contributed by atoms with Crippen LogP contribution in [0.5, 0.6) is 0 Å². The minimum atomic E-state index is -0.506. The van der Waals surface area contributed by atoms with Gasteiger partial charge in [-0.05, 0) is 24.7 Å². The lowest BCUT2D eigenvalue weighted by Crippen LogP contribution is -2.45. The molecular formula is C12H23N3O2. The Labute approximate surface area is 102 Å². The van der Waals surface area contributed by atoms with Gasteiger partial charge in [-0.2, -0.15) is 0 Å². The van der Waals surface area contributed by atoms with Gasteiger partial charge in [-0.15, -0.1) is 0 Å². The van der Waals surface area contributed by atoms with Crippen LogP contribution in [0.3, 0.4) is 0 Å². The van der Waals surface area contributed by atoms with Crippen molar-refractivity contribution in [2.45, 2.75) is 46.0 Å². The number of amides is 1. The van der Waals surface area contributed by atoms with E-state index in [1.54, 1.807) is 0 Å². The first kappa shape index (κ1) is 13.8. The lowest BCUT2D eigenvalue weighted by atomic mass is 9.70. The summed E-state index contributed by atoms with van der Waals surface area (Å²) in [6, 6.07) is 0. The fourth-order valence-electron chi connectivity index (χ4n) is 2.15. The number of nitrogens with zero attached hydrogens (tertiary/aromatic N) is 1. The van der Waals surface area contributed by atoms with Crippen LogP contribution in [0.4, 0.5) is 0 Å². The topological polar surface area (TPSA) is 87.7 Å². The van der Waals surface area contributed by atoms with E-state index in [-0.39, 0.29) is 17.2 Å². The van der Waals surface area contributed by atoms with Gasteiger partial charge in [0.1, 0.15) is 0 Å². The van der Waals surface area contributed by atoms with Crippen LogP contribution < -0.4 is 11.1 Å². The Morgan fingerprint density at radius 2 is 2.24 bits per heavy atom. The number of amidine groups is 1. The van der Waals surface area contributed by atoms with E-state index in [1.165, 1.54) is 6.42 Å². The quantitative estimate of drug-likeness (QED) is 0.285. The summed E-state index contributed by atoms with van der Waals surface area (Å²) in [5, 5.41) is 14.5. The molecule has 0 bridgehead atoms. The molecule has 0 aromatic carbocycles. The molecule has 1 aliphatic rings. The van der Waals surface area contributed by atoms with E-state index in [2.05, 4.69) is 17.4 Å². The summed E-state index contributed by atoms with van der Waals surface area (Å²) >= 11 is 0. The maximum absolute atomic E-state index is 11.9. The van der Waals surface area contributed by atoms with E-state index in [9.17, 15) is 4.79 Å². The number of nitrogens with one attached hydrogen (secondary N) is 1. The van der Waals surface area contributed by atoms with Gasteiger partial charge in [-0.1, -0.05) is 31.8 Å². The monoisotopic (exact) mass is 241 g/mol. The van der Waals surface area contributed by atoms with Gasteiger partial charge in [0.05, 0.1) is 5.92 Å². The van der Waals surface area contributed by atoms with Crippen LogP contribution in [0.25, 0.3) is 0 Å². The fourth-order valence-corrected chi connectivity index (χ4v) is 2.15. The molecule has 0 aromatic rings. The average Bonchev–Trinajstić information content (AvgIpc) is 2.29. The van der Waals surface area contributed by atoms with Gasteiger partial charge in [0, 0.05) is 6.54 Å². The average molecular weight is 241 g/mol. The lowest BCUT2D eigenvalue weighted by Gasteiger charge is -2.38. The van der Waals surface area contributed by atoms with Crippen molar-refractivity contribution in [3.63, 3.8) is 0 Å². The van der Waals surface area contributed by atoms with E-state index in [1.807, 2.05) is 6.92 Å². The second kappa shape index (κ2) is 5.89. The molecule has 1 amide bonds. The standard InChI is InChI=1S/C12H23N3O2/c1-3-5-9(10(13)15-17)11(16)14-8-12(2)6-4-7-12/h9,17H,3-8H2,1-2H3,(H2,13,15)(H,14,16). The SMILES string of the molecule is CCCC(C(=O)NCC1(C)CCC1)C(N)=NO. The molecule has 98 valence electrons. The molecule has 1 fully saturated rings. The molecule has 1 rings (SSSR count). The lowest BCUT2D eigenvalue weighted by molar-refractivity contribution is -0.124. The Bertz CT molecular complexity index is 298. The van der Waals surface area contributed by atoms with Crippen molar-refractivity contribution in [2.24, 2.45) is 22.2 Å². The Balaban J connectivity index is 2.47. The molecular weight excluding hydrogens is 218 g/mol. The zero-order chi connectivity index (χ0) is 12.9. The molecule has 1 atom stereocenters. The highest BCUT2D eigenvalue weighted by Gasteiger charge is 2.33. The van der Waals surface area contributed by atoms with Crippen molar-refractivity contribution in [3.8, 4) is 0 Å². The van der Waals surface area contributed by atoms with E-state index < -0.39 is 5.92 Å². The van der Waals surface area contributed by atoms with Crippen LogP contribution in [0.15, 0.2) is 5.16 Å². The maximum atomic E-state index is 11.9. The predicted molar refractivity (Wildman–Crippen MR) is 66.8 cm³/mol.